The highest BCUT2D eigenvalue weighted by Crippen LogP contribution is 2.08. The summed E-state index contributed by atoms with van der Waals surface area (Å²) in [5, 5.41) is 0. The molecule has 82 valence electrons. The first-order valence-corrected chi connectivity index (χ1v) is 5.67. The number of carbonyl (C=O) groups is 1. The van der Waals surface area contributed by atoms with Gasteiger partial charge in [-0.15, -0.1) is 0 Å². The molecule has 0 N–H and O–H groups in total. The van der Waals surface area contributed by atoms with E-state index in [4.69, 9.17) is 0 Å². The van der Waals surface area contributed by atoms with E-state index in [1.54, 1.807) is 7.05 Å². The van der Waals surface area contributed by atoms with Crippen LogP contribution in [0, 0.1) is 0 Å². The number of likely N-dealkylation sites (N-methyl/N-ethyl adjacent to an activating group) is 1. The van der Waals surface area contributed by atoms with E-state index >= 15 is 0 Å². The maximum absolute atomic E-state index is 11.6. The van der Waals surface area contributed by atoms with Crippen molar-refractivity contribution >= 4 is 16.1 Å². The quantitative estimate of drug-likeness (QED) is 0.574. The molecule has 0 unspecified atom stereocenters. The van der Waals surface area contributed by atoms with Gasteiger partial charge in [0.25, 0.3) is 10.2 Å². The van der Waals surface area contributed by atoms with Crippen LogP contribution in [0.3, 0.4) is 0 Å². The molecule has 0 aromatic heterocycles. The number of hydrogen-bond acceptors (Lipinski definition) is 3. The second kappa shape index (κ2) is 3.84. The van der Waals surface area contributed by atoms with E-state index in [9.17, 15) is 13.2 Å². The van der Waals surface area contributed by atoms with Gasteiger partial charge in [-0.05, 0) is 0 Å². The van der Waals surface area contributed by atoms with Crippen LogP contribution >= 0.6 is 0 Å². The molecule has 0 aromatic carbocycles. The molecular weight excluding hydrogens is 206 g/mol. The molecule has 0 spiro atoms. The van der Waals surface area contributed by atoms with Gasteiger partial charge in [-0.25, -0.2) is 0 Å². The highest BCUT2D eigenvalue weighted by Gasteiger charge is 2.31. The molecule has 1 saturated heterocycles. The van der Waals surface area contributed by atoms with Crippen molar-refractivity contribution < 1.29 is 13.2 Å². The summed E-state index contributed by atoms with van der Waals surface area (Å²) >= 11 is 0. The molecule has 0 bridgehead atoms. The zero-order chi connectivity index (χ0) is 10.9. The SMILES string of the molecule is CN1CCN(S(=O)(=O)N(C)C)CC1=O. The van der Waals surface area contributed by atoms with Crippen LogP contribution < -0.4 is 0 Å². The molecule has 1 aliphatic heterocycles. The van der Waals surface area contributed by atoms with Gasteiger partial charge >= 0.3 is 0 Å². The molecule has 0 aromatic rings. The predicted molar refractivity (Wildman–Crippen MR) is 51.8 cm³/mol. The van der Waals surface area contributed by atoms with Gasteiger partial charge in [0.1, 0.15) is 0 Å². The van der Waals surface area contributed by atoms with E-state index in [0.717, 1.165) is 4.31 Å². The standard InChI is InChI=1S/C7H15N3O3S/c1-8(2)14(12,13)10-5-4-9(3)7(11)6-10/h4-6H2,1-3H3. The van der Waals surface area contributed by atoms with Gasteiger partial charge in [-0.3, -0.25) is 4.79 Å². The summed E-state index contributed by atoms with van der Waals surface area (Å²) in [6.07, 6.45) is 0. The van der Waals surface area contributed by atoms with Crippen LogP contribution in [0.1, 0.15) is 0 Å². The first-order chi connectivity index (χ1) is 6.35. The molecule has 0 radical (unpaired) electrons. The minimum atomic E-state index is -3.44. The summed E-state index contributed by atoms with van der Waals surface area (Å²) in [5.74, 6) is -0.165. The van der Waals surface area contributed by atoms with Gasteiger partial charge in [0.2, 0.25) is 5.91 Å². The summed E-state index contributed by atoms with van der Waals surface area (Å²) in [7, 11) is 1.14. The van der Waals surface area contributed by atoms with E-state index in [1.807, 2.05) is 0 Å². The third-order valence-electron chi connectivity index (χ3n) is 2.21. The van der Waals surface area contributed by atoms with Gasteiger partial charge in [0.15, 0.2) is 0 Å². The lowest BCUT2D eigenvalue weighted by atomic mass is 10.4. The average Bonchev–Trinajstić information content (AvgIpc) is 2.09. The minimum absolute atomic E-state index is 0.0585. The smallest absolute Gasteiger partial charge is 0.282 e. The van der Waals surface area contributed by atoms with Crippen molar-refractivity contribution in [3.05, 3.63) is 0 Å². The largest absolute Gasteiger partial charge is 0.343 e. The molecule has 0 aliphatic carbocycles. The zero-order valence-corrected chi connectivity index (χ0v) is 9.41. The Balaban J connectivity index is 2.78. The summed E-state index contributed by atoms with van der Waals surface area (Å²) in [6, 6.07) is 0. The Morgan fingerprint density at radius 3 is 2.29 bits per heavy atom. The molecular formula is C7H15N3O3S. The number of amides is 1. The van der Waals surface area contributed by atoms with E-state index in [1.165, 1.54) is 23.3 Å². The summed E-state index contributed by atoms with van der Waals surface area (Å²) in [4.78, 5) is 12.8. The van der Waals surface area contributed by atoms with Crippen molar-refractivity contribution in [2.45, 2.75) is 0 Å². The maximum atomic E-state index is 11.6. The third-order valence-corrected chi connectivity index (χ3v) is 4.10. The van der Waals surface area contributed by atoms with E-state index in [2.05, 4.69) is 0 Å². The van der Waals surface area contributed by atoms with Gasteiger partial charge in [-0.1, -0.05) is 0 Å². The molecule has 6 nitrogen and oxygen atoms in total. The lowest BCUT2D eigenvalue weighted by molar-refractivity contribution is -0.132. The Morgan fingerprint density at radius 2 is 1.86 bits per heavy atom. The average molecular weight is 221 g/mol. The van der Waals surface area contributed by atoms with E-state index in [-0.39, 0.29) is 12.5 Å². The minimum Gasteiger partial charge on any atom is -0.343 e. The number of carbonyl (C=O) groups excluding carboxylic acids is 1. The lowest BCUT2D eigenvalue weighted by Crippen LogP contribution is -2.53. The van der Waals surface area contributed by atoms with Crippen LogP contribution in [0.25, 0.3) is 0 Å². The highest BCUT2D eigenvalue weighted by molar-refractivity contribution is 7.86. The molecule has 1 rings (SSSR count). The van der Waals surface area contributed by atoms with Crippen molar-refractivity contribution in [2.75, 3.05) is 40.8 Å². The fraction of sp³-hybridized carbons (Fsp3) is 0.857. The summed E-state index contributed by atoms with van der Waals surface area (Å²) in [5.41, 5.74) is 0. The molecule has 0 saturated carbocycles. The second-order valence-corrected chi connectivity index (χ2v) is 5.58. The Hall–Kier alpha value is -0.660. The molecule has 14 heavy (non-hydrogen) atoms. The molecule has 1 amide bonds. The molecule has 1 heterocycles. The van der Waals surface area contributed by atoms with Gasteiger partial charge in [0, 0.05) is 34.2 Å². The molecule has 0 atom stereocenters. The van der Waals surface area contributed by atoms with E-state index < -0.39 is 10.2 Å². The van der Waals surface area contributed by atoms with Crippen LogP contribution in [0.15, 0.2) is 0 Å². The molecule has 7 heteroatoms. The van der Waals surface area contributed by atoms with E-state index in [0.29, 0.717) is 13.1 Å². The highest BCUT2D eigenvalue weighted by atomic mass is 32.2. The second-order valence-electron chi connectivity index (χ2n) is 3.44. The van der Waals surface area contributed by atoms with Crippen molar-refractivity contribution in [3.63, 3.8) is 0 Å². The number of hydrogen-bond donors (Lipinski definition) is 0. The lowest BCUT2D eigenvalue weighted by Gasteiger charge is -2.32. The Bertz CT molecular complexity index is 325. The van der Waals surface area contributed by atoms with Gasteiger partial charge in [0.05, 0.1) is 6.54 Å². The van der Waals surface area contributed by atoms with Gasteiger partial charge in [-0.2, -0.15) is 17.0 Å². The Morgan fingerprint density at radius 1 is 1.29 bits per heavy atom. The maximum Gasteiger partial charge on any atom is 0.282 e. The molecule has 1 aliphatic rings. The third kappa shape index (κ3) is 2.05. The first-order valence-electron chi connectivity index (χ1n) is 4.27. The normalized spacial score (nSPS) is 20.6. The van der Waals surface area contributed by atoms with Crippen molar-refractivity contribution in [2.24, 2.45) is 0 Å². The predicted octanol–water partition coefficient (Wildman–Crippen LogP) is -1.43. The van der Waals surface area contributed by atoms with Crippen molar-refractivity contribution in [1.29, 1.82) is 0 Å². The first kappa shape index (κ1) is 11.4. The van der Waals surface area contributed by atoms with Crippen LogP contribution in [-0.4, -0.2) is 68.6 Å². The number of piperazine rings is 1. The molecule has 1 fully saturated rings. The number of rotatable bonds is 2. The summed E-state index contributed by atoms with van der Waals surface area (Å²) in [6.45, 7) is 0.756. The Labute approximate surface area is 84.3 Å². The fourth-order valence-corrected chi connectivity index (χ4v) is 2.21. The zero-order valence-electron chi connectivity index (χ0n) is 8.60. The summed E-state index contributed by atoms with van der Waals surface area (Å²) < 4.78 is 25.5. The monoisotopic (exact) mass is 221 g/mol. The fourth-order valence-electron chi connectivity index (χ4n) is 1.16. The van der Waals surface area contributed by atoms with Crippen LogP contribution in [0.2, 0.25) is 0 Å². The van der Waals surface area contributed by atoms with Crippen LogP contribution in [0.4, 0.5) is 0 Å². The van der Waals surface area contributed by atoms with Crippen LogP contribution in [0.5, 0.6) is 0 Å². The van der Waals surface area contributed by atoms with Crippen LogP contribution in [-0.2, 0) is 15.0 Å². The van der Waals surface area contributed by atoms with Crippen molar-refractivity contribution in [1.82, 2.24) is 13.5 Å². The van der Waals surface area contributed by atoms with Crippen molar-refractivity contribution in [3.8, 4) is 0 Å². The van der Waals surface area contributed by atoms with Gasteiger partial charge < -0.3 is 4.90 Å². The Kier molecular flexibility index (Phi) is 3.13. The topological polar surface area (TPSA) is 60.9 Å². The number of nitrogens with zero attached hydrogens (tertiary/aromatic N) is 3.